The van der Waals surface area contributed by atoms with Crippen molar-refractivity contribution >= 4 is 34.2 Å². The molecule has 2 atom stereocenters. The zero-order valence-corrected chi connectivity index (χ0v) is 17.8. The minimum Gasteiger partial charge on any atom is -0.365 e. The molecule has 1 aliphatic rings. The number of nitrogens with one attached hydrogen (secondary N) is 4. The van der Waals surface area contributed by atoms with Gasteiger partial charge in [-0.25, -0.2) is 18.7 Å². The van der Waals surface area contributed by atoms with Gasteiger partial charge < -0.3 is 15.6 Å². The number of carbonyl (C=O) groups is 1. The van der Waals surface area contributed by atoms with Crippen LogP contribution in [0.5, 0.6) is 0 Å². The first kappa shape index (κ1) is 21.2. The predicted octanol–water partition coefficient (Wildman–Crippen LogP) is 3.22. The third kappa shape index (κ3) is 4.33. The molecule has 0 spiro atoms. The van der Waals surface area contributed by atoms with Gasteiger partial charge in [0, 0.05) is 34.3 Å². The number of rotatable bonds is 5. The fourth-order valence-corrected chi connectivity index (χ4v) is 4.30. The maximum atomic E-state index is 14.5. The van der Waals surface area contributed by atoms with Gasteiger partial charge in [-0.15, -0.1) is 10.2 Å². The van der Waals surface area contributed by atoms with Gasteiger partial charge in [0.15, 0.2) is 17.5 Å². The van der Waals surface area contributed by atoms with Gasteiger partial charge in [-0.2, -0.15) is 5.21 Å². The molecule has 0 saturated heterocycles. The lowest BCUT2D eigenvalue weighted by Crippen LogP contribution is -2.42. The molecule has 0 aliphatic heterocycles. The third-order valence-electron chi connectivity index (χ3n) is 5.59. The normalized spacial score (nSPS) is 18.4. The number of tetrazole rings is 1. The fraction of sp³-hybridized carbons (Fsp3) is 0.300. The second-order valence-corrected chi connectivity index (χ2v) is 8.25. The summed E-state index contributed by atoms with van der Waals surface area (Å²) in [5, 5.41) is 19.7. The minimum atomic E-state index is -0.610. The van der Waals surface area contributed by atoms with E-state index in [0.29, 0.717) is 17.4 Å². The molecular formula is C20H18ClF2N9O. The van der Waals surface area contributed by atoms with Crippen LogP contribution in [0, 0.1) is 11.6 Å². The van der Waals surface area contributed by atoms with Crippen LogP contribution in [0.25, 0.3) is 22.3 Å². The first-order chi connectivity index (χ1) is 16.0. The number of aromatic amines is 2. The molecule has 3 heterocycles. The number of amides is 1. The number of carbonyl (C=O) groups excluding carboxylic acids is 1. The molecule has 1 fully saturated rings. The quantitative estimate of drug-likeness (QED) is 0.349. The summed E-state index contributed by atoms with van der Waals surface area (Å²) < 4.78 is 28.7. The van der Waals surface area contributed by atoms with Gasteiger partial charge in [0.25, 0.3) is 11.7 Å². The largest absolute Gasteiger partial charge is 0.365 e. The molecule has 0 bridgehead atoms. The van der Waals surface area contributed by atoms with Crippen molar-refractivity contribution in [1.82, 2.24) is 40.9 Å². The van der Waals surface area contributed by atoms with Crippen LogP contribution in [-0.4, -0.2) is 53.6 Å². The Morgan fingerprint density at radius 3 is 2.85 bits per heavy atom. The van der Waals surface area contributed by atoms with Crippen molar-refractivity contribution in [1.29, 1.82) is 0 Å². The van der Waals surface area contributed by atoms with Crippen molar-refractivity contribution in [3.05, 3.63) is 47.0 Å². The lowest BCUT2D eigenvalue weighted by molar-refractivity contribution is 0.0916. The van der Waals surface area contributed by atoms with E-state index in [1.165, 1.54) is 6.07 Å². The molecule has 4 N–H and O–H groups in total. The van der Waals surface area contributed by atoms with Crippen molar-refractivity contribution in [3.63, 3.8) is 0 Å². The molecule has 0 unspecified atom stereocenters. The zero-order valence-electron chi connectivity index (χ0n) is 17.1. The molecule has 1 saturated carbocycles. The van der Waals surface area contributed by atoms with E-state index >= 15 is 0 Å². The fourth-order valence-electron chi connectivity index (χ4n) is 4.09. The van der Waals surface area contributed by atoms with E-state index in [-0.39, 0.29) is 40.1 Å². The second kappa shape index (κ2) is 8.70. The van der Waals surface area contributed by atoms with Crippen LogP contribution in [0.4, 0.5) is 14.6 Å². The highest BCUT2D eigenvalue weighted by atomic mass is 35.5. The molecule has 5 rings (SSSR count). The predicted molar refractivity (Wildman–Crippen MR) is 116 cm³/mol. The third-order valence-corrected chi connectivity index (χ3v) is 5.81. The van der Waals surface area contributed by atoms with E-state index in [1.807, 2.05) is 0 Å². The van der Waals surface area contributed by atoms with Crippen LogP contribution in [-0.2, 0) is 0 Å². The first-order valence-electron chi connectivity index (χ1n) is 10.3. The molecular weight excluding hydrogens is 456 g/mol. The highest BCUT2D eigenvalue weighted by molar-refractivity contribution is 6.31. The number of hydrogen-bond acceptors (Lipinski definition) is 7. The van der Waals surface area contributed by atoms with E-state index < -0.39 is 17.5 Å². The average Bonchev–Trinajstić information content (AvgIpc) is 3.46. The van der Waals surface area contributed by atoms with Gasteiger partial charge >= 0.3 is 0 Å². The van der Waals surface area contributed by atoms with E-state index in [4.69, 9.17) is 11.6 Å². The number of fused-ring (bicyclic) bond motifs is 1. The van der Waals surface area contributed by atoms with Crippen molar-refractivity contribution in [3.8, 4) is 11.4 Å². The minimum absolute atomic E-state index is 0.0343. The number of H-pyrrole nitrogens is 2. The van der Waals surface area contributed by atoms with Gasteiger partial charge in [-0.3, -0.25) is 4.79 Å². The first-order valence-corrected chi connectivity index (χ1v) is 10.7. The van der Waals surface area contributed by atoms with Crippen LogP contribution in [0.2, 0.25) is 5.02 Å². The molecule has 33 heavy (non-hydrogen) atoms. The highest BCUT2D eigenvalue weighted by Gasteiger charge is 2.26. The summed E-state index contributed by atoms with van der Waals surface area (Å²) in [6.45, 7) is 0. The number of hydrogen-bond donors (Lipinski definition) is 4. The Labute approximate surface area is 190 Å². The molecule has 4 aromatic rings. The summed E-state index contributed by atoms with van der Waals surface area (Å²) in [4.78, 5) is 23.5. The zero-order chi connectivity index (χ0) is 22.9. The highest BCUT2D eigenvalue weighted by Crippen LogP contribution is 2.31. The lowest BCUT2D eigenvalue weighted by atomic mass is 9.91. The Kier molecular flexibility index (Phi) is 5.58. The number of halogens is 3. The molecule has 1 aliphatic carbocycles. The Balaban J connectivity index is 1.34. The van der Waals surface area contributed by atoms with E-state index in [0.717, 1.165) is 25.5 Å². The standard InChI is InChI=1S/C20H18ClF2N9O/c21-9-4-12-13(7-24-16(12)14(22)5-9)17-25-8-15(23)18(28-17)26-10-2-1-3-11(6-10)27-20(33)19-29-31-32-30-19/h4-5,7-8,10-11,24H,1-3,6H2,(H,27,33)(H,25,26,28)(H,29,30,31,32)/t10-,11+/m0/s1. The maximum absolute atomic E-state index is 14.5. The van der Waals surface area contributed by atoms with Crippen molar-refractivity contribution < 1.29 is 13.6 Å². The van der Waals surface area contributed by atoms with Gasteiger partial charge in [-0.05, 0) is 43.0 Å². The van der Waals surface area contributed by atoms with Gasteiger partial charge in [-0.1, -0.05) is 11.6 Å². The number of anilines is 1. The Morgan fingerprint density at radius 1 is 1.18 bits per heavy atom. The van der Waals surface area contributed by atoms with Gasteiger partial charge in [0.1, 0.15) is 5.82 Å². The molecule has 0 radical (unpaired) electrons. The molecule has 13 heteroatoms. The smallest absolute Gasteiger partial charge is 0.293 e. The topological polar surface area (TPSA) is 137 Å². The summed E-state index contributed by atoms with van der Waals surface area (Å²) in [7, 11) is 0. The van der Waals surface area contributed by atoms with Crippen LogP contribution in [0.15, 0.2) is 24.5 Å². The lowest BCUT2D eigenvalue weighted by Gasteiger charge is -2.30. The number of nitrogens with zero attached hydrogens (tertiary/aromatic N) is 5. The average molecular weight is 474 g/mol. The van der Waals surface area contributed by atoms with E-state index in [1.54, 1.807) is 12.3 Å². The Morgan fingerprint density at radius 2 is 2.03 bits per heavy atom. The van der Waals surface area contributed by atoms with Crippen LogP contribution in [0.3, 0.4) is 0 Å². The van der Waals surface area contributed by atoms with Crippen LogP contribution < -0.4 is 10.6 Å². The van der Waals surface area contributed by atoms with E-state index in [9.17, 15) is 13.6 Å². The number of aromatic nitrogens is 7. The Bertz CT molecular complexity index is 1310. The Hall–Kier alpha value is -3.67. The van der Waals surface area contributed by atoms with Crippen LogP contribution >= 0.6 is 11.6 Å². The maximum Gasteiger partial charge on any atom is 0.293 e. The summed E-state index contributed by atoms with van der Waals surface area (Å²) in [6.07, 6.45) is 5.58. The van der Waals surface area contributed by atoms with Crippen molar-refractivity contribution in [2.75, 3.05) is 5.32 Å². The summed E-state index contributed by atoms with van der Waals surface area (Å²) >= 11 is 6.00. The summed E-state index contributed by atoms with van der Waals surface area (Å²) in [5.74, 6) is -1.31. The van der Waals surface area contributed by atoms with E-state index in [2.05, 4.69) is 46.2 Å². The van der Waals surface area contributed by atoms with Crippen LogP contribution in [0.1, 0.15) is 36.3 Å². The molecule has 1 amide bonds. The molecule has 170 valence electrons. The molecule has 10 nitrogen and oxygen atoms in total. The van der Waals surface area contributed by atoms with Crippen molar-refractivity contribution in [2.24, 2.45) is 0 Å². The van der Waals surface area contributed by atoms with Gasteiger partial charge in [0.2, 0.25) is 0 Å². The second-order valence-electron chi connectivity index (χ2n) is 7.82. The SMILES string of the molecule is O=C(N[C@@H]1CCC[C@H](Nc2nc(-c3c[nH]c4c(F)cc(Cl)cc34)ncc2F)C1)c1nn[nH]n1. The molecule has 1 aromatic carbocycles. The monoisotopic (exact) mass is 473 g/mol. The number of benzene rings is 1. The summed E-state index contributed by atoms with van der Waals surface area (Å²) in [5.41, 5.74) is 0.771. The van der Waals surface area contributed by atoms with Crippen molar-refractivity contribution in [2.45, 2.75) is 37.8 Å². The molecule has 3 aromatic heterocycles. The van der Waals surface area contributed by atoms with Gasteiger partial charge in [0.05, 0.1) is 11.7 Å². The summed E-state index contributed by atoms with van der Waals surface area (Å²) in [6, 6.07) is 2.55.